The lowest BCUT2D eigenvalue weighted by atomic mass is 9.64. The van der Waals surface area contributed by atoms with Crippen molar-refractivity contribution in [3.05, 3.63) is 41.5 Å². The van der Waals surface area contributed by atoms with Crippen molar-refractivity contribution in [1.82, 2.24) is 14.8 Å². The maximum atomic E-state index is 12.4. The number of fused-ring (bicyclic) bond motifs is 1. The molecule has 0 unspecified atom stereocenters. The van der Waals surface area contributed by atoms with E-state index in [-0.39, 0.29) is 29.9 Å². The Labute approximate surface area is 149 Å². The summed E-state index contributed by atoms with van der Waals surface area (Å²) >= 11 is 0. The second-order valence-electron chi connectivity index (χ2n) is 6.22. The van der Waals surface area contributed by atoms with Crippen molar-refractivity contribution < 1.29 is 24.4 Å². The van der Waals surface area contributed by atoms with Crippen molar-refractivity contribution in [2.45, 2.75) is 31.6 Å². The van der Waals surface area contributed by atoms with Crippen LogP contribution in [0, 0.1) is 0 Å². The molecule has 10 heteroatoms. The van der Waals surface area contributed by atoms with Gasteiger partial charge in [-0.1, -0.05) is 12.1 Å². The van der Waals surface area contributed by atoms with Crippen LogP contribution in [-0.2, 0) is 24.2 Å². The summed E-state index contributed by atoms with van der Waals surface area (Å²) < 4.78 is 7.13. The minimum Gasteiger partial charge on any atom is -0.535 e. The Bertz CT molecular complexity index is 825. The molecule has 0 spiro atoms. The van der Waals surface area contributed by atoms with Gasteiger partial charge in [0.1, 0.15) is 23.7 Å². The number of aromatic nitrogens is 3. The number of carboxylic acid groups (broad SMARTS) is 1. The Kier molecular flexibility index (Phi) is 5.33. The molecule has 26 heavy (non-hydrogen) atoms. The van der Waals surface area contributed by atoms with Crippen LogP contribution in [0.2, 0.25) is 5.82 Å². The summed E-state index contributed by atoms with van der Waals surface area (Å²) in [6.45, 7) is 0.938. The average Bonchev–Trinajstić information content (AvgIpc) is 3.02. The molecule has 1 atom stereocenters. The van der Waals surface area contributed by atoms with Crippen molar-refractivity contribution in [3.63, 3.8) is 0 Å². The van der Waals surface area contributed by atoms with Gasteiger partial charge in [-0.05, 0) is 18.1 Å². The second kappa shape index (κ2) is 7.67. The summed E-state index contributed by atoms with van der Waals surface area (Å²) in [5.41, 5.74) is 6.18. The van der Waals surface area contributed by atoms with Crippen LogP contribution in [0.3, 0.4) is 0 Å². The Morgan fingerprint density at radius 3 is 2.96 bits per heavy atom. The number of rotatable bonds is 7. The van der Waals surface area contributed by atoms with Gasteiger partial charge in [0.2, 0.25) is 0 Å². The molecule has 136 valence electrons. The molecule has 0 saturated heterocycles. The van der Waals surface area contributed by atoms with E-state index >= 15 is 0 Å². The van der Waals surface area contributed by atoms with Crippen LogP contribution in [0.1, 0.15) is 28.2 Å². The highest BCUT2D eigenvalue weighted by Crippen LogP contribution is 2.36. The van der Waals surface area contributed by atoms with Crippen LogP contribution in [-0.4, -0.2) is 50.3 Å². The number of carboxylic acids is 1. The summed E-state index contributed by atoms with van der Waals surface area (Å²) in [4.78, 5) is 23.7. The molecule has 1 aromatic carbocycles. The van der Waals surface area contributed by atoms with E-state index in [0.717, 1.165) is 0 Å². The third-order valence-electron chi connectivity index (χ3n) is 4.36. The molecule has 0 saturated carbocycles. The zero-order valence-electron chi connectivity index (χ0n) is 14.0. The Balaban J connectivity index is 1.69. The summed E-state index contributed by atoms with van der Waals surface area (Å²) in [6, 6.07) is 4.78. The highest BCUT2D eigenvalue weighted by Gasteiger charge is 2.37. The first-order valence-electron chi connectivity index (χ1n) is 8.28. The molecule has 0 aliphatic carbocycles. The standard InChI is InChI=1S/C16H19BN4O5/c18-4-5-21-9-19-20-14(21)8-12(22)7-11-6-10-2-1-3-13(16(23)24)15(10)26-17(11)25/h1-3,9,11,25H,4-8,18H2,(H,23,24)/t11-/m1/s1. The molecular formula is C16H19BN4O5. The molecule has 2 heterocycles. The number of hydrogen-bond acceptors (Lipinski definition) is 7. The number of carbonyl (C=O) groups is 2. The SMILES string of the molecule is NCCn1cnnc1CC(=O)C[C@H]1Cc2cccc(C(=O)O)c2OB1O. The molecule has 9 nitrogen and oxygen atoms in total. The third-order valence-corrected chi connectivity index (χ3v) is 4.36. The number of Topliss-reactive ketones (excluding diaryl/α,β-unsaturated/α-hetero) is 1. The zero-order chi connectivity index (χ0) is 18.7. The number of benzene rings is 1. The Morgan fingerprint density at radius 1 is 1.42 bits per heavy atom. The number of nitrogens with zero attached hydrogens (tertiary/aromatic N) is 3. The largest absolute Gasteiger partial charge is 0.535 e. The first kappa shape index (κ1) is 18.1. The molecular weight excluding hydrogens is 339 g/mol. The van der Waals surface area contributed by atoms with E-state index in [1.807, 2.05) is 0 Å². The van der Waals surface area contributed by atoms with Crippen LogP contribution in [0.5, 0.6) is 5.75 Å². The number of aromatic carboxylic acids is 1. The Morgan fingerprint density at radius 2 is 2.23 bits per heavy atom. The molecule has 2 aromatic rings. The van der Waals surface area contributed by atoms with Gasteiger partial charge in [-0.3, -0.25) is 4.79 Å². The van der Waals surface area contributed by atoms with Crippen LogP contribution in [0.15, 0.2) is 24.5 Å². The van der Waals surface area contributed by atoms with Crippen molar-refractivity contribution in [3.8, 4) is 5.75 Å². The van der Waals surface area contributed by atoms with E-state index in [9.17, 15) is 19.7 Å². The van der Waals surface area contributed by atoms with Gasteiger partial charge >= 0.3 is 13.1 Å². The van der Waals surface area contributed by atoms with Crippen molar-refractivity contribution in [1.29, 1.82) is 0 Å². The van der Waals surface area contributed by atoms with Crippen molar-refractivity contribution >= 4 is 18.9 Å². The highest BCUT2D eigenvalue weighted by molar-refractivity contribution is 6.47. The van der Waals surface area contributed by atoms with Crippen LogP contribution < -0.4 is 10.4 Å². The quantitative estimate of drug-likeness (QED) is 0.584. The number of carbonyl (C=O) groups excluding carboxylic acids is 1. The Hall–Kier alpha value is -2.72. The minimum absolute atomic E-state index is 0.00112. The van der Waals surface area contributed by atoms with Gasteiger partial charge in [-0.15, -0.1) is 10.2 Å². The number of nitrogens with two attached hydrogens (primary N) is 1. The lowest BCUT2D eigenvalue weighted by molar-refractivity contribution is -0.118. The minimum atomic E-state index is -1.24. The molecule has 1 aromatic heterocycles. The predicted molar refractivity (Wildman–Crippen MR) is 91.9 cm³/mol. The van der Waals surface area contributed by atoms with Gasteiger partial charge in [0.05, 0.1) is 12.0 Å². The monoisotopic (exact) mass is 358 g/mol. The van der Waals surface area contributed by atoms with Gasteiger partial charge in [0, 0.05) is 25.3 Å². The van der Waals surface area contributed by atoms with E-state index in [2.05, 4.69) is 10.2 Å². The van der Waals surface area contributed by atoms with E-state index in [1.54, 1.807) is 16.7 Å². The maximum Gasteiger partial charge on any atom is 0.526 e. The molecule has 0 amide bonds. The first-order chi connectivity index (χ1) is 12.5. The number of hydrogen-bond donors (Lipinski definition) is 3. The normalized spacial score (nSPS) is 16.1. The van der Waals surface area contributed by atoms with E-state index in [1.165, 1.54) is 12.4 Å². The molecule has 3 rings (SSSR count). The van der Waals surface area contributed by atoms with Gasteiger partial charge < -0.3 is 25.1 Å². The van der Waals surface area contributed by atoms with Crippen molar-refractivity contribution in [2.24, 2.45) is 5.73 Å². The van der Waals surface area contributed by atoms with Crippen molar-refractivity contribution in [2.75, 3.05) is 6.54 Å². The number of para-hydroxylation sites is 1. The lowest BCUT2D eigenvalue weighted by Crippen LogP contribution is -2.36. The predicted octanol–water partition coefficient (Wildman–Crippen LogP) is -0.0775. The van der Waals surface area contributed by atoms with E-state index < -0.39 is 18.9 Å². The summed E-state index contributed by atoms with van der Waals surface area (Å²) in [7, 11) is -1.24. The van der Waals surface area contributed by atoms with Gasteiger partial charge in [0.25, 0.3) is 0 Å². The molecule has 0 bridgehead atoms. The lowest BCUT2D eigenvalue weighted by Gasteiger charge is -2.28. The van der Waals surface area contributed by atoms with Gasteiger partial charge in [-0.25, -0.2) is 4.79 Å². The molecule has 1 aliphatic heterocycles. The first-order valence-corrected chi connectivity index (χ1v) is 8.28. The highest BCUT2D eigenvalue weighted by atomic mass is 16.5. The third kappa shape index (κ3) is 3.76. The fourth-order valence-electron chi connectivity index (χ4n) is 3.11. The number of ketones is 1. The fourth-order valence-corrected chi connectivity index (χ4v) is 3.11. The van der Waals surface area contributed by atoms with Gasteiger partial charge in [0.15, 0.2) is 0 Å². The molecule has 1 aliphatic rings. The summed E-state index contributed by atoms with van der Waals surface area (Å²) in [6.07, 6.45) is 2.06. The van der Waals surface area contributed by atoms with Crippen LogP contribution in [0.4, 0.5) is 0 Å². The summed E-state index contributed by atoms with van der Waals surface area (Å²) in [5, 5.41) is 27.1. The van der Waals surface area contributed by atoms with E-state index in [4.69, 9.17) is 10.4 Å². The molecule has 0 fully saturated rings. The molecule has 4 N–H and O–H groups in total. The van der Waals surface area contributed by atoms with Crippen LogP contribution >= 0.6 is 0 Å². The maximum absolute atomic E-state index is 12.4. The van der Waals surface area contributed by atoms with E-state index in [0.29, 0.717) is 30.9 Å². The second-order valence-corrected chi connectivity index (χ2v) is 6.22. The van der Waals surface area contributed by atoms with Gasteiger partial charge in [-0.2, -0.15) is 0 Å². The smallest absolute Gasteiger partial charge is 0.526 e. The summed E-state index contributed by atoms with van der Waals surface area (Å²) in [5.74, 6) is -0.992. The average molecular weight is 358 g/mol. The molecule has 0 radical (unpaired) electrons. The fraction of sp³-hybridized carbons (Fsp3) is 0.375. The van der Waals surface area contributed by atoms with Crippen LogP contribution in [0.25, 0.3) is 0 Å². The zero-order valence-corrected chi connectivity index (χ0v) is 14.0. The topological polar surface area (TPSA) is 141 Å².